The second kappa shape index (κ2) is 8.22. The zero-order chi connectivity index (χ0) is 22.1. The molecule has 0 unspecified atom stereocenters. The number of amides is 1. The largest absolute Gasteiger partial charge is 0.410 e. The van der Waals surface area contributed by atoms with Crippen molar-refractivity contribution in [3.05, 3.63) is 72.5 Å². The lowest BCUT2D eigenvalue weighted by Gasteiger charge is -2.37. The maximum absolute atomic E-state index is 13.2. The SMILES string of the molecule is NC(=O)Oc1ccc2nc(-c3ccc(N4CCN(c5ccc(F)cc5)CC4)cc3)[nH]c2c1. The number of benzene rings is 3. The zero-order valence-electron chi connectivity index (χ0n) is 17.3. The van der Waals surface area contributed by atoms with Crippen molar-refractivity contribution in [2.45, 2.75) is 0 Å². The Hall–Kier alpha value is -4.07. The van der Waals surface area contributed by atoms with Crippen LogP contribution in [0, 0.1) is 5.82 Å². The summed E-state index contributed by atoms with van der Waals surface area (Å²) < 4.78 is 18.1. The van der Waals surface area contributed by atoms with Crippen LogP contribution in [0.3, 0.4) is 0 Å². The smallest absolute Gasteiger partial charge is 0.409 e. The zero-order valence-corrected chi connectivity index (χ0v) is 17.3. The molecule has 1 aliphatic heterocycles. The van der Waals surface area contributed by atoms with Crippen molar-refractivity contribution in [2.24, 2.45) is 5.73 Å². The average molecular weight is 431 g/mol. The highest BCUT2D eigenvalue weighted by molar-refractivity contribution is 5.82. The molecule has 3 aromatic carbocycles. The number of hydrogen-bond donors (Lipinski definition) is 2. The van der Waals surface area contributed by atoms with Crippen LogP contribution in [0.5, 0.6) is 5.75 Å². The molecule has 1 aliphatic rings. The molecule has 5 rings (SSSR count). The lowest BCUT2D eigenvalue weighted by molar-refractivity contribution is 0.211. The number of carbonyl (C=O) groups is 1. The maximum atomic E-state index is 13.2. The third-order valence-corrected chi connectivity index (χ3v) is 5.65. The molecule has 1 fully saturated rings. The fraction of sp³-hybridized carbons (Fsp3) is 0.167. The van der Waals surface area contributed by atoms with E-state index in [4.69, 9.17) is 10.5 Å². The lowest BCUT2D eigenvalue weighted by Crippen LogP contribution is -2.46. The van der Waals surface area contributed by atoms with Gasteiger partial charge in [-0.15, -0.1) is 0 Å². The van der Waals surface area contributed by atoms with Crippen molar-refractivity contribution in [3.8, 4) is 17.1 Å². The number of halogens is 1. The maximum Gasteiger partial charge on any atom is 0.409 e. The van der Waals surface area contributed by atoms with Crippen LogP contribution in [0.1, 0.15) is 0 Å². The summed E-state index contributed by atoms with van der Waals surface area (Å²) in [7, 11) is 0. The number of nitrogens with zero attached hydrogens (tertiary/aromatic N) is 3. The predicted octanol–water partition coefficient (Wildman–Crippen LogP) is 4.15. The average Bonchev–Trinajstić information content (AvgIpc) is 3.23. The van der Waals surface area contributed by atoms with Gasteiger partial charge in [0.15, 0.2) is 0 Å². The summed E-state index contributed by atoms with van der Waals surface area (Å²) in [6, 6.07) is 20.1. The molecule has 0 atom stereocenters. The molecule has 1 amide bonds. The molecule has 0 spiro atoms. The van der Waals surface area contributed by atoms with Crippen molar-refractivity contribution in [3.63, 3.8) is 0 Å². The first kappa shape index (κ1) is 19.9. The summed E-state index contributed by atoms with van der Waals surface area (Å²) in [5, 5.41) is 0. The van der Waals surface area contributed by atoms with Crippen LogP contribution >= 0.6 is 0 Å². The van der Waals surface area contributed by atoms with E-state index in [-0.39, 0.29) is 5.82 Å². The van der Waals surface area contributed by atoms with E-state index in [9.17, 15) is 9.18 Å². The monoisotopic (exact) mass is 431 g/mol. The first-order chi connectivity index (χ1) is 15.5. The number of ether oxygens (including phenoxy) is 1. The predicted molar refractivity (Wildman–Crippen MR) is 123 cm³/mol. The fourth-order valence-corrected chi connectivity index (χ4v) is 4.01. The highest BCUT2D eigenvalue weighted by Gasteiger charge is 2.18. The molecule has 32 heavy (non-hydrogen) atoms. The molecule has 0 aliphatic carbocycles. The Morgan fingerprint density at radius 1 is 0.906 bits per heavy atom. The number of H-pyrrole nitrogens is 1. The summed E-state index contributed by atoms with van der Waals surface area (Å²) in [4.78, 5) is 23.4. The van der Waals surface area contributed by atoms with E-state index < -0.39 is 6.09 Å². The first-order valence-corrected chi connectivity index (χ1v) is 10.4. The van der Waals surface area contributed by atoms with Gasteiger partial charge in [-0.25, -0.2) is 14.2 Å². The topological polar surface area (TPSA) is 87.5 Å². The van der Waals surface area contributed by atoms with Gasteiger partial charge < -0.3 is 25.3 Å². The Labute approximate surface area is 184 Å². The lowest BCUT2D eigenvalue weighted by atomic mass is 10.1. The molecule has 2 heterocycles. The minimum absolute atomic E-state index is 0.212. The first-order valence-electron chi connectivity index (χ1n) is 10.4. The van der Waals surface area contributed by atoms with Crippen LogP contribution in [-0.2, 0) is 0 Å². The van der Waals surface area contributed by atoms with E-state index in [0.717, 1.165) is 60.0 Å². The Balaban J connectivity index is 1.27. The minimum Gasteiger partial charge on any atom is -0.410 e. The summed E-state index contributed by atoms with van der Waals surface area (Å²) in [6.45, 7) is 3.55. The van der Waals surface area contributed by atoms with Gasteiger partial charge >= 0.3 is 6.09 Å². The van der Waals surface area contributed by atoms with Gasteiger partial charge in [-0.2, -0.15) is 0 Å². The van der Waals surface area contributed by atoms with Crippen molar-refractivity contribution >= 4 is 28.5 Å². The molecule has 4 aromatic rings. The molecule has 0 saturated carbocycles. The van der Waals surface area contributed by atoms with Gasteiger partial charge in [-0.3, -0.25) is 0 Å². The van der Waals surface area contributed by atoms with Crippen LogP contribution in [0.15, 0.2) is 66.7 Å². The molecule has 3 N–H and O–H groups in total. The fourth-order valence-electron chi connectivity index (χ4n) is 4.01. The number of hydrogen-bond acceptors (Lipinski definition) is 5. The van der Waals surface area contributed by atoms with E-state index in [1.807, 2.05) is 24.3 Å². The number of anilines is 2. The summed E-state index contributed by atoms with van der Waals surface area (Å²) in [5.41, 5.74) is 9.79. The molecular weight excluding hydrogens is 409 g/mol. The Morgan fingerprint density at radius 2 is 1.50 bits per heavy atom. The van der Waals surface area contributed by atoms with E-state index in [2.05, 4.69) is 31.9 Å². The van der Waals surface area contributed by atoms with Crippen molar-refractivity contribution in [1.29, 1.82) is 0 Å². The molecule has 7 nitrogen and oxygen atoms in total. The number of rotatable bonds is 4. The molecule has 0 bridgehead atoms. The summed E-state index contributed by atoms with van der Waals surface area (Å²) in [6.07, 6.45) is -0.849. The van der Waals surface area contributed by atoms with E-state index in [0.29, 0.717) is 5.75 Å². The van der Waals surface area contributed by atoms with Crippen LogP contribution in [-0.4, -0.2) is 42.2 Å². The van der Waals surface area contributed by atoms with Crippen molar-refractivity contribution < 1.29 is 13.9 Å². The van der Waals surface area contributed by atoms with E-state index in [1.54, 1.807) is 18.2 Å². The second-order valence-electron chi connectivity index (χ2n) is 7.68. The summed E-state index contributed by atoms with van der Waals surface area (Å²) in [5.74, 6) is 0.899. The van der Waals surface area contributed by atoms with Gasteiger partial charge in [0.1, 0.15) is 17.4 Å². The molecule has 0 radical (unpaired) electrons. The minimum atomic E-state index is -0.849. The van der Waals surface area contributed by atoms with Gasteiger partial charge in [0, 0.05) is 49.2 Å². The number of carbonyl (C=O) groups excluding carboxylic acids is 1. The molecule has 162 valence electrons. The summed E-state index contributed by atoms with van der Waals surface area (Å²) >= 11 is 0. The van der Waals surface area contributed by atoms with E-state index in [1.165, 1.54) is 12.1 Å². The van der Waals surface area contributed by atoms with Crippen LogP contribution in [0.25, 0.3) is 22.4 Å². The number of aromatic amines is 1. The van der Waals surface area contributed by atoms with Crippen LogP contribution in [0.4, 0.5) is 20.6 Å². The second-order valence-corrected chi connectivity index (χ2v) is 7.68. The molecule has 8 heteroatoms. The number of nitrogens with two attached hydrogens (primary N) is 1. The van der Waals surface area contributed by atoms with Gasteiger partial charge in [-0.1, -0.05) is 0 Å². The van der Waals surface area contributed by atoms with Crippen molar-refractivity contribution in [1.82, 2.24) is 9.97 Å². The molecule has 1 saturated heterocycles. The molecular formula is C24H22FN5O2. The highest BCUT2D eigenvalue weighted by Crippen LogP contribution is 2.27. The van der Waals surface area contributed by atoms with Gasteiger partial charge in [-0.05, 0) is 60.7 Å². The van der Waals surface area contributed by atoms with Crippen LogP contribution < -0.4 is 20.3 Å². The van der Waals surface area contributed by atoms with Gasteiger partial charge in [0.2, 0.25) is 0 Å². The van der Waals surface area contributed by atoms with Gasteiger partial charge in [0.05, 0.1) is 11.0 Å². The number of primary amides is 1. The van der Waals surface area contributed by atoms with Gasteiger partial charge in [0.25, 0.3) is 0 Å². The number of aromatic nitrogens is 2. The molecule has 1 aromatic heterocycles. The van der Waals surface area contributed by atoms with Crippen molar-refractivity contribution in [2.75, 3.05) is 36.0 Å². The number of piperazine rings is 1. The Morgan fingerprint density at radius 3 is 2.09 bits per heavy atom. The third-order valence-electron chi connectivity index (χ3n) is 5.65. The highest BCUT2D eigenvalue weighted by atomic mass is 19.1. The Bertz CT molecular complexity index is 1250. The number of imidazole rings is 1. The number of nitrogens with one attached hydrogen (secondary N) is 1. The number of fused-ring (bicyclic) bond motifs is 1. The normalized spacial score (nSPS) is 14.0. The standard InChI is InChI=1S/C24H22FN5O2/c25-17-3-7-19(8-4-17)30-13-11-29(12-14-30)18-5-1-16(2-6-18)23-27-21-10-9-20(32-24(26)31)15-22(21)28-23/h1-10,15H,11-14H2,(H2,26,31)(H,27,28). The third kappa shape index (κ3) is 4.07. The van der Waals surface area contributed by atoms with E-state index >= 15 is 0 Å². The van der Waals surface area contributed by atoms with Crippen LogP contribution in [0.2, 0.25) is 0 Å². The quantitative estimate of drug-likeness (QED) is 0.507. The Kier molecular flexibility index (Phi) is 5.10.